The molecule has 1 aromatic heterocycles. The van der Waals surface area contributed by atoms with Gasteiger partial charge < -0.3 is 10.6 Å². The van der Waals surface area contributed by atoms with Crippen molar-refractivity contribution in [1.82, 2.24) is 20.4 Å². The fraction of sp³-hybridized carbons (Fsp3) is 0.714. The van der Waals surface area contributed by atoms with E-state index in [1.807, 2.05) is 23.9 Å². The second-order valence-electron chi connectivity index (χ2n) is 5.43. The molecule has 0 aromatic carbocycles. The lowest BCUT2D eigenvalue weighted by Gasteiger charge is -2.22. The van der Waals surface area contributed by atoms with E-state index < -0.39 is 0 Å². The Morgan fingerprint density at radius 3 is 3.00 bits per heavy atom. The molecule has 0 saturated carbocycles. The van der Waals surface area contributed by atoms with Crippen LogP contribution in [0.3, 0.4) is 0 Å². The fourth-order valence-electron chi connectivity index (χ4n) is 2.59. The van der Waals surface area contributed by atoms with Gasteiger partial charge in [0.1, 0.15) is 0 Å². The third kappa shape index (κ3) is 5.03. The first-order chi connectivity index (χ1) is 9.24. The van der Waals surface area contributed by atoms with Crippen molar-refractivity contribution in [3.63, 3.8) is 0 Å². The third-order valence-corrected chi connectivity index (χ3v) is 3.67. The quantitative estimate of drug-likeness (QED) is 0.811. The topological polar surface area (TPSA) is 59.0 Å². The molecule has 0 aliphatic carbocycles. The van der Waals surface area contributed by atoms with Crippen LogP contribution < -0.4 is 10.6 Å². The van der Waals surface area contributed by atoms with Crippen molar-refractivity contribution in [2.75, 3.05) is 13.1 Å². The largest absolute Gasteiger partial charge is 0.352 e. The van der Waals surface area contributed by atoms with Crippen molar-refractivity contribution < 1.29 is 4.79 Å². The predicted molar refractivity (Wildman–Crippen MR) is 74.7 cm³/mol. The highest BCUT2D eigenvalue weighted by Crippen LogP contribution is 2.17. The maximum absolute atomic E-state index is 11.9. The Labute approximate surface area is 114 Å². The van der Waals surface area contributed by atoms with Crippen molar-refractivity contribution in [2.45, 2.75) is 45.2 Å². The first kappa shape index (κ1) is 14.1. The summed E-state index contributed by atoms with van der Waals surface area (Å²) >= 11 is 0. The van der Waals surface area contributed by atoms with Gasteiger partial charge in [-0.15, -0.1) is 0 Å². The number of carbonyl (C=O) groups is 1. The Morgan fingerprint density at radius 1 is 1.53 bits per heavy atom. The number of hydrogen-bond acceptors (Lipinski definition) is 3. The van der Waals surface area contributed by atoms with Gasteiger partial charge in [-0.05, 0) is 51.3 Å². The number of rotatable bonds is 6. The number of aromatic nitrogens is 2. The minimum absolute atomic E-state index is 0.125. The monoisotopic (exact) mass is 264 g/mol. The van der Waals surface area contributed by atoms with Gasteiger partial charge in [0.2, 0.25) is 5.91 Å². The minimum Gasteiger partial charge on any atom is -0.352 e. The second kappa shape index (κ2) is 7.28. The predicted octanol–water partition coefficient (Wildman–Crippen LogP) is 1.17. The lowest BCUT2D eigenvalue weighted by Crippen LogP contribution is -2.36. The van der Waals surface area contributed by atoms with E-state index in [9.17, 15) is 4.79 Å². The van der Waals surface area contributed by atoms with Gasteiger partial charge in [0.25, 0.3) is 0 Å². The van der Waals surface area contributed by atoms with Crippen LogP contribution in [-0.4, -0.2) is 34.8 Å². The number of nitrogens with one attached hydrogen (secondary N) is 2. The molecule has 1 unspecified atom stereocenters. The van der Waals surface area contributed by atoms with E-state index in [-0.39, 0.29) is 11.9 Å². The van der Waals surface area contributed by atoms with Gasteiger partial charge in [-0.3, -0.25) is 9.48 Å². The molecule has 1 aliphatic heterocycles. The molecule has 1 amide bonds. The molecule has 5 nitrogen and oxygen atoms in total. The summed E-state index contributed by atoms with van der Waals surface area (Å²) in [6.45, 7) is 4.94. The summed E-state index contributed by atoms with van der Waals surface area (Å²) in [6, 6.07) is 2.02. The van der Waals surface area contributed by atoms with Crippen LogP contribution in [-0.2, 0) is 11.3 Å². The smallest absolute Gasteiger partial charge is 0.220 e. The zero-order chi connectivity index (χ0) is 13.5. The molecule has 1 aliphatic rings. The van der Waals surface area contributed by atoms with Crippen LogP contribution in [0, 0.1) is 5.92 Å². The lowest BCUT2D eigenvalue weighted by atomic mass is 9.93. The van der Waals surface area contributed by atoms with Gasteiger partial charge in [0, 0.05) is 24.9 Å². The number of hydrogen-bond donors (Lipinski definition) is 2. The summed E-state index contributed by atoms with van der Waals surface area (Å²) in [5, 5.41) is 10.5. The molecular formula is C14H24N4O. The first-order valence-corrected chi connectivity index (χ1v) is 7.21. The summed E-state index contributed by atoms with van der Waals surface area (Å²) in [5.41, 5.74) is 0. The average Bonchev–Trinajstić information content (AvgIpc) is 2.90. The Balaban J connectivity index is 1.63. The van der Waals surface area contributed by atoms with Crippen LogP contribution in [0.15, 0.2) is 18.5 Å². The van der Waals surface area contributed by atoms with Gasteiger partial charge in [0.05, 0.1) is 6.54 Å². The normalized spacial score (nSPS) is 18.2. The van der Waals surface area contributed by atoms with E-state index in [1.165, 1.54) is 12.8 Å². The molecule has 2 rings (SSSR count). The van der Waals surface area contributed by atoms with Crippen LogP contribution in [0.25, 0.3) is 0 Å². The van der Waals surface area contributed by atoms with Crippen molar-refractivity contribution in [2.24, 2.45) is 5.92 Å². The van der Waals surface area contributed by atoms with Crippen LogP contribution in [0.4, 0.5) is 0 Å². The molecule has 1 atom stereocenters. The van der Waals surface area contributed by atoms with Crippen LogP contribution in [0.2, 0.25) is 0 Å². The first-order valence-electron chi connectivity index (χ1n) is 7.21. The summed E-state index contributed by atoms with van der Waals surface area (Å²) in [5.74, 6) is 0.881. The molecule has 106 valence electrons. The summed E-state index contributed by atoms with van der Waals surface area (Å²) in [6.07, 6.45) is 7.74. The van der Waals surface area contributed by atoms with Crippen LogP contribution in [0.1, 0.15) is 32.6 Å². The molecule has 1 fully saturated rings. The summed E-state index contributed by atoms with van der Waals surface area (Å²) in [4.78, 5) is 11.9. The van der Waals surface area contributed by atoms with Gasteiger partial charge >= 0.3 is 0 Å². The Kier molecular flexibility index (Phi) is 5.39. The van der Waals surface area contributed by atoms with Crippen molar-refractivity contribution in [3.8, 4) is 0 Å². The number of amides is 1. The van der Waals surface area contributed by atoms with E-state index in [0.717, 1.165) is 26.1 Å². The SMILES string of the molecule is CC(Cn1cccn1)NC(=O)CCC1CCNCC1. The zero-order valence-electron chi connectivity index (χ0n) is 11.6. The molecule has 0 bridgehead atoms. The van der Waals surface area contributed by atoms with E-state index in [0.29, 0.717) is 12.3 Å². The molecule has 0 spiro atoms. The number of nitrogens with zero attached hydrogens (tertiary/aromatic N) is 2. The van der Waals surface area contributed by atoms with E-state index >= 15 is 0 Å². The molecule has 0 radical (unpaired) electrons. The van der Waals surface area contributed by atoms with Crippen LogP contribution >= 0.6 is 0 Å². The fourth-order valence-corrected chi connectivity index (χ4v) is 2.59. The highest BCUT2D eigenvalue weighted by atomic mass is 16.1. The van der Waals surface area contributed by atoms with E-state index in [1.54, 1.807) is 6.20 Å². The highest BCUT2D eigenvalue weighted by Gasteiger charge is 2.15. The number of carbonyl (C=O) groups excluding carboxylic acids is 1. The molecule has 19 heavy (non-hydrogen) atoms. The van der Waals surface area contributed by atoms with Crippen LogP contribution in [0.5, 0.6) is 0 Å². The Hall–Kier alpha value is -1.36. The molecular weight excluding hydrogens is 240 g/mol. The van der Waals surface area contributed by atoms with E-state index in [2.05, 4.69) is 15.7 Å². The Bertz CT molecular complexity index is 371. The maximum atomic E-state index is 11.9. The molecule has 5 heteroatoms. The minimum atomic E-state index is 0.125. The van der Waals surface area contributed by atoms with Gasteiger partial charge in [-0.2, -0.15) is 5.10 Å². The molecule has 2 N–H and O–H groups in total. The van der Waals surface area contributed by atoms with E-state index in [4.69, 9.17) is 0 Å². The maximum Gasteiger partial charge on any atom is 0.220 e. The van der Waals surface area contributed by atoms with Gasteiger partial charge in [-0.25, -0.2) is 0 Å². The molecule has 1 aromatic rings. The number of piperidine rings is 1. The van der Waals surface area contributed by atoms with Crippen molar-refractivity contribution in [1.29, 1.82) is 0 Å². The standard InChI is InChI=1S/C14H24N4O/c1-12(11-18-10-2-7-16-18)17-14(19)4-3-13-5-8-15-9-6-13/h2,7,10,12-13,15H,3-6,8-9,11H2,1H3,(H,17,19). The zero-order valence-corrected chi connectivity index (χ0v) is 11.6. The van der Waals surface area contributed by atoms with Gasteiger partial charge in [-0.1, -0.05) is 0 Å². The highest BCUT2D eigenvalue weighted by molar-refractivity contribution is 5.76. The third-order valence-electron chi connectivity index (χ3n) is 3.67. The lowest BCUT2D eigenvalue weighted by molar-refractivity contribution is -0.122. The molecule has 2 heterocycles. The second-order valence-corrected chi connectivity index (χ2v) is 5.43. The van der Waals surface area contributed by atoms with Crippen molar-refractivity contribution in [3.05, 3.63) is 18.5 Å². The summed E-state index contributed by atoms with van der Waals surface area (Å²) < 4.78 is 1.84. The summed E-state index contributed by atoms with van der Waals surface area (Å²) in [7, 11) is 0. The average molecular weight is 264 g/mol. The van der Waals surface area contributed by atoms with Gasteiger partial charge in [0.15, 0.2) is 0 Å². The molecule has 1 saturated heterocycles. The van der Waals surface area contributed by atoms with Crippen molar-refractivity contribution >= 4 is 5.91 Å². The Morgan fingerprint density at radius 2 is 2.32 bits per heavy atom.